The number of rotatable bonds is 4. The van der Waals surface area contributed by atoms with E-state index in [1.807, 2.05) is 13.8 Å². The second-order valence-corrected chi connectivity index (χ2v) is 2.61. The van der Waals surface area contributed by atoms with Crippen LogP contribution in [0, 0.1) is 0 Å². The Morgan fingerprint density at radius 2 is 1.85 bits per heavy atom. The molecular formula is C9H17NO3. The molecule has 0 bridgehead atoms. The molecule has 1 amide bonds. The SMILES string of the molecule is CCCN(CC)C(=O)C(=O)OCC. The van der Waals surface area contributed by atoms with E-state index < -0.39 is 11.9 Å². The zero-order valence-electron chi connectivity index (χ0n) is 8.50. The molecule has 0 fully saturated rings. The number of nitrogens with zero attached hydrogens (tertiary/aromatic N) is 1. The molecule has 0 aliphatic heterocycles. The van der Waals surface area contributed by atoms with Gasteiger partial charge in [0.1, 0.15) is 0 Å². The summed E-state index contributed by atoms with van der Waals surface area (Å²) in [5.74, 6) is -1.29. The lowest BCUT2D eigenvalue weighted by molar-refractivity contribution is -0.159. The maximum atomic E-state index is 11.3. The van der Waals surface area contributed by atoms with Crippen LogP contribution in [0.1, 0.15) is 27.2 Å². The van der Waals surface area contributed by atoms with Gasteiger partial charge >= 0.3 is 11.9 Å². The summed E-state index contributed by atoms with van der Waals surface area (Å²) in [4.78, 5) is 23.8. The van der Waals surface area contributed by atoms with E-state index in [9.17, 15) is 9.59 Å². The van der Waals surface area contributed by atoms with E-state index in [1.54, 1.807) is 6.92 Å². The van der Waals surface area contributed by atoms with Crippen molar-refractivity contribution in [2.24, 2.45) is 0 Å². The number of esters is 1. The van der Waals surface area contributed by atoms with Crippen LogP contribution < -0.4 is 0 Å². The van der Waals surface area contributed by atoms with Crippen LogP contribution in [-0.2, 0) is 14.3 Å². The average Bonchev–Trinajstić information content (AvgIpc) is 2.13. The molecule has 0 aromatic carbocycles. The number of likely N-dealkylation sites (N-methyl/N-ethyl adjacent to an activating group) is 1. The fourth-order valence-corrected chi connectivity index (χ4v) is 0.995. The number of ether oxygens (including phenoxy) is 1. The smallest absolute Gasteiger partial charge is 0.397 e. The Labute approximate surface area is 78.9 Å². The lowest BCUT2D eigenvalue weighted by atomic mass is 10.4. The van der Waals surface area contributed by atoms with E-state index in [1.165, 1.54) is 4.90 Å². The maximum absolute atomic E-state index is 11.3. The minimum Gasteiger partial charge on any atom is -0.459 e. The summed E-state index contributed by atoms with van der Waals surface area (Å²) in [6.45, 7) is 6.88. The molecule has 0 aromatic rings. The van der Waals surface area contributed by atoms with Gasteiger partial charge in [-0.1, -0.05) is 6.92 Å². The van der Waals surface area contributed by atoms with Gasteiger partial charge < -0.3 is 9.64 Å². The Bertz CT molecular complexity index is 180. The zero-order chi connectivity index (χ0) is 10.3. The molecule has 0 saturated heterocycles. The third-order valence-electron chi connectivity index (χ3n) is 1.61. The lowest BCUT2D eigenvalue weighted by Gasteiger charge is -2.18. The van der Waals surface area contributed by atoms with Crippen LogP contribution in [0.4, 0.5) is 0 Å². The molecule has 0 aromatic heterocycles. The van der Waals surface area contributed by atoms with Gasteiger partial charge in [0.05, 0.1) is 6.61 Å². The molecule has 0 aliphatic carbocycles. The van der Waals surface area contributed by atoms with Crippen molar-refractivity contribution >= 4 is 11.9 Å². The Morgan fingerprint density at radius 3 is 2.23 bits per heavy atom. The number of carbonyl (C=O) groups is 2. The first-order valence-electron chi connectivity index (χ1n) is 4.63. The first kappa shape index (κ1) is 11.9. The van der Waals surface area contributed by atoms with E-state index in [0.29, 0.717) is 13.1 Å². The van der Waals surface area contributed by atoms with Crippen molar-refractivity contribution in [2.75, 3.05) is 19.7 Å². The van der Waals surface area contributed by atoms with Gasteiger partial charge in [0, 0.05) is 13.1 Å². The summed E-state index contributed by atoms with van der Waals surface area (Å²) in [5, 5.41) is 0. The number of hydrogen-bond donors (Lipinski definition) is 0. The van der Waals surface area contributed by atoms with E-state index in [0.717, 1.165) is 6.42 Å². The van der Waals surface area contributed by atoms with E-state index in [-0.39, 0.29) is 6.61 Å². The van der Waals surface area contributed by atoms with Gasteiger partial charge in [-0.2, -0.15) is 0 Å². The molecular weight excluding hydrogens is 170 g/mol. The summed E-state index contributed by atoms with van der Waals surface area (Å²) in [6.07, 6.45) is 0.846. The Morgan fingerprint density at radius 1 is 1.23 bits per heavy atom. The largest absolute Gasteiger partial charge is 0.459 e. The fraction of sp³-hybridized carbons (Fsp3) is 0.778. The van der Waals surface area contributed by atoms with Crippen LogP contribution in [0.5, 0.6) is 0 Å². The monoisotopic (exact) mass is 187 g/mol. The van der Waals surface area contributed by atoms with Crippen molar-refractivity contribution < 1.29 is 14.3 Å². The predicted octanol–water partition coefficient (Wildman–Crippen LogP) is 0.808. The second-order valence-electron chi connectivity index (χ2n) is 2.61. The predicted molar refractivity (Wildman–Crippen MR) is 49.2 cm³/mol. The first-order chi connectivity index (χ1) is 6.17. The highest BCUT2D eigenvalue weighted by Crippen LogP contribution is 1.94. The Hall–Kier alpha value is -1.06. The van der Waals surface area contributed by atoms with E-state index >= 15 is 0 Å². The highest BCUT2D eigenvalue weighted by Gasteiger charge is 2.20. The van der Waals surface area contributed by atoms with Crippen molar-refractivity contribution in [3.05, 3.63) is 0 Å². The second kappa shape index (κ2) is 6.46. The van der Waals surface area contributed by atoms with Gasteiger partial charge in [-0.25, -0.2) is 4.79 Å². The van der Waals surface area contributed by atoms with Crippen molar-refractivity contribution in [1.82, 2.24) is 4.90 Å². The standard InChI is InChI=1S/C9H17NO3/c1-4-7-10(5-2)8(11)9(12)13-6-3/h4-7H2,1-3H3. The van der Waals surface area contributed by atoms with Gasteiger partial charge in [-0.3, -0.25) is 4.79 Å². The van der Waals surface area contributed by atoms with Crippen LogP contribution in [0.2, 0.25) is 0 Å². The van der Waals surface area contributed by atoms with Gasteiger partial charge in [-0.15, -0.1) is 0 Å². The lowest BCUT2D eigenvalue weighted by Crippen LogP contribution is -2.37. The van der Waals surface area contributed by atoms with Crippen LogP contribution in [-0.4, -0.2) is 36.5 Å². The average molecular weight is 187 g/mol. The molecule has 4 nitrogen and oxygen atoms in total. The topological polar surface area (TPSA) is 46.6 Å². The molecule has 4 heteroatoms. The van der Waals surface area contributed by atoms with Gasteiger partial charge in [-0.05, 0) is 20.3 Å². The van der Waals surface area contributed by atoms with Gasteiger partial charge in [0.2, 0.25) is 0 Å². The quantitative estimate of drug-likeness (QED) is 0.483. The Kier molecular flexibility index (Phi) is 5.93. The van der Waals surface area contributed by atoms with Crippen molar-refractivity contribution in [1.29, 1.82) is 0 Å². The molecule has 0 aliphatic rings. The van der Waals surface area contributed by atoms with E-state index in [4.69, 9.17) is 0 Å². The number of hydrogen-bond acceptors (Lipinski definition) is 3. The Balaban J connectivity index is 4.11. The molecule has 0 radical (unpaired) electrons. The molecule has 76 valence electrons. The van der Waals surface area contributed by atoms with E-state index in [2.05, 4.69) is 4.74 Å². The third kappa shape index (κ3) is 3.92. The number of amides is 1. The van der Waals surface area contributed by atoms with Crippen molar-refractivity contribution in [3.63, 3.8) is 0 Å². The summed E-state index contributed by atoms with van der Waals surface area (Å²) in [5.41, 5.74) is 0. The normalized spacial score (nSPS) is 9.46. The molecule has 0 rings (SSSR count). The van der Waals surface area contributed by atoms with Crippen LogP contribution in [0.3, 0.4) is 0 Å². The van der Waals surface area contributed by atoms with Gasteiger partial charge in [0.25, 0.3) is 0 Å². The molecule has 0 saturated carbocycles. The molecule has 0 heterocycles. The summed E-state index contributed by atoms with van der Waals surface area (Å²) in [7, 11) is 0. The fourth-order valence-electron chi connectivity index (χ4n) is 0.995. The number of carbonyl (C=O) groups excluding carboxylic acids is 2. The third-order valence-corrected chi connectivity index (χ3v) is 1.61. The van der Waals surface area contributed by atoms with Crippen LogP contribution >= 0.6 is 0 Å². The molecule has 0 unspecified atom stereocenters. The summed E-state index contributed by atoms with van der Waals surface area (Å²) in [6, 6.07) is 0. The minimum absolute atomic E-state index is 0.244. The maximum Gasteiger partial charge on any atom is 0.397 e. The van der Waals surface area contributed by atoms with Crippen LogP contribution in [0.15, 0.2) is 0 Å². The summed E-state index contributed by atoms with van der Waals surface area (Å²) >= 11 is 0. The molecule has 0 atom stereocenters. The summed E-state index contributed by atoms with van der Waals surface area (Å²) < 4.78 is 4.60. The highest BCUT2D eigenvalue weighted by atomic mass is 16.5. The minimum atomic E-state index is -0.752. The first-order valence-corrected chi connectivity index (χ1v) is 4.63. The molecule has 0 spiro atoms. The van der Waals surface area contributed by atoms with Crippen molar-refractivity contribution in [3.8, 4) is 0 Å². The van der Waals surface area contributed by atoms with Gasteiger partial charge in [0.15, 0.2) is 0 Å². The van der Waals surface area contributed by atoms with Crippen LogP contribution in [0.25, 0.3) is 0 Å². The zero-order valence-corrected chi connectivity index (χ0v) is 8.50. The van der Waals surface area contributed by atoms with Crippen molar-refractivity contribution in [2.45, 2.75) is 27.2 Å². The highest BCUT2D eigenvalue weighted by molar-refractivity contribution is 6.32. The molecule has 13 heavy (non-hydrogen) atoms. The molecule has 0 N–H and O–H groups in total.